The second-order valence-corrected chi connectivity index (χ2v) is 5.22. The Hall–Kier alpha value is -0.830. The number of hydrogen-bond acceptors (Lipinski definition) is 1. The van der Waals surface area contributed by atoms with Crippen molar-refractivity contribution < 1.29 is 4.79 Å². The molecule has 1 rings (SSSR count). The third-order valence-electron chi connectivity index (χ3n) is 3.15. The molecule has 0 aromatic heterocycles. The van der Waals surface area contributed by atoms with Crippen molar-refractivity contribution in [3.05, 3.63) is 33.8 Å². The van der Waals surface area contributed by atoms with Gasteiger partial charge in [0.25, 0.3) is 5.91 Å². The largest absolute Gasteiger partial charge is 0.336 e. The van der Waals surface area contributed by atoms with Crippen LogP contribution in [-0.2, 0) is 0 Å². The molecule has 2 nitrogen and oxygen atoms in total. The van der Waals surface area contributed by atoms with Crippen LogP contribution in [0.15, 0.2) is 22.7 Å². The van der Waals surface area contributed by atoms with Gasteiger partial charge in [-0.1, -0.05) is 28.9 Å². The van der Waals surface area contributed by atoms with Crippen molar-refractivity contribution in [2.75, 3.05) is 6.54 Å². The number of rotatable bonds is 4. The van der Waals surface area contributed by atoms with Crippen LogP contribution in [0.3, 0.4) is 0 Å². The van der Waals surface area contributed by atoms with Crippen LogP contribution in [0, 0.1) is 6.92 Å². The van der Waals surface area contributed by atoms with Crippen LogP contribution in [-0.4, -0.2) is 23.4 Å². The van der Waals surface area contributed by atoms with Gasteiger partial charge >= 0.3 is 0 Å². The van der Waals surface area contributed by atoms with Gasteiger partial charge in [-0.3, -0.25) is 4.79 Å². The van der Waals surface area contributed by atoms with E-state index in [9.17, 15) is 4.79 Å². The van der Waals surface area contributed by atoms with Gasteiger partial charge in [0.2, 0.25) is 0 Å². The number of aryl methyl sites for hydroxylation is 1. The van der Waals surface area contributed by atoms with Crippen LogP contribution < -0.4 is 0 Å². The molecule has 1 atom stereocenters. The Balaban J connectivity index is 3.05. The standard InChI is InChI=1S/C14H20BrNO/c1-5-11(4)16(6-2)14(17)13-9-12(15)8-7-10(13)3/h7-9,11H,5-6H2,1-4H3. The van der Waals surface area contributed by atoms with Crippen molar-refractivity contribution in [3.63, 3.8) is 0 Å². The van der Waals surface area contributed by atoms with Crippen molar-refractivity contribution in [1.82, 2.24) is 4.90 Å². The molecule has 1 aromatic rings. The van der Waals surface area contributed by atoms with Crippen molar-refractivity contribution in [2.24, 2.45) is 0 Å². The van der Waals surface area contributed by atoms with Crippen LogP contribution in [0.2, 0.25) is 0 Å². The van der Waals surface area contributed by atoms with Crippen molar-refractivity contribution in [3.8, 4) is 0 Å². The highest BCUT2D eigenvalue weighted by Crippen LogP contribution is 2.19. The highest BCUT2D eigenvalue weighted by Gasteiger charge is 2.20. The monoisotopic (exact) mass is 297 g/mol. The molecule has 0 saturated heterocycles. The van der Waals surface area contributed by atoms with Crippen LogP contribution in [0.1, 0.15) is 43.1 Å². The van der Waals surface area contributed by atoms with E-state index in [0.29, 0.717) is 0 Å². The third kappa shape index (κ3) is 3.32. The summed E-state index contributed by atoms with van der Waals surface area (Å²) in [6.45, 7) is 8.95. The summed E-state index contributed by atoms with van der Waals surface area (Å²) in [6.07, 6.45) is 0.979. The van der Waals surface area contributed by atoms with E-state index in [1.165, 1.54) is 0 Å². The smallest absolute Gasteiger partial charge is 0.254 e. The molecule has 0 aliphatic carbocycles. The highest BCUT2D eigenvalue weighted by atomic mass is 79.9. The zero-order valence-corrected chi connectivity index (χ0v) is 12.5. The van der Waals surface area contributed by atoms with Gasteiger partial charge in [-0.05, 0) is 44.9 Å². The maximum absolute atomic E-state index is 12.5. The van der Waals surface area contributed by atoms with E-state index in [0.717, 1.165) is 28.6 Å². The summed E-state index contributed by atoms with van der Waals surface area (Å²) in [5, 5.41) is 0. The summed E-state index contributed by atoms with van der Waals surface area (Å²) in [4.78, 5) is 14.4. The first-order valence-electron chi connectivity index (χ1n) is 6.08. The number of carbonyl (C=O) groups excluding carboxylic acids is 1. The average molecular weight is 298 g/mol. The first-order valence-corrected chi connectivity index (χ1v) is 6.87. The Morgan fingerprint density at radius 1 is 1.41 bits per heavy atom. The van der Waals surface area contributed by atoms with Crippen molar-refractivity contribution in [2.45, 2.75) is 40.2 Å². The normalized spacial score (nSPS) is 12.3. The molecule has 0 heterocycles. The molecule has 1 amide bonds. The molecule has 0 bridgehead atoms. The molecule has 0 aliphatic heterocycles. The summed E-state index contributed by atoms with van der Waals surface area (Å²) in [5.74, 6) is 0.126. The maximum Gasteiger partial charge on any atom is 0.254 e. The second-order valence-electron chi connectivity index (χ2n) is 4.31. The Morgan fingerprint density at radius 2 is 2.06 bits per heavy atom. The SMILES string of the molecule is CCC(C)N(CC)C(=O)c1cc(Br)ccc1C. The minimum Gasteiger partial charge on any atom is -0.336 e. The van der Waals surface area contributed by atoms with Gasteiger partial charge < -0.3 is 4.90 Å². The third-order valence-corrected chi connectivity index (χ3v) is 3.65. The quantitative estimate of drug-likeness (QED) is 0.822. The summed E-state index contributed by atoms with van der Waals surface area (Å²) >= 11 is 3.42. The molecule has 0 saturated carbocycles. The molecule has 0 fully saturated rings. The molecule has 17 heavy (non-hydrogen) atoms. The summed E-state index contributed by atoms with van der Waals surface area (Å²) in [6, 6.07) is 6.13. The lowest BCUT2D eigenvalue weighted by molar-refractivity contribution is 0.0699. The van der Waals surface area contributed by atoms with Gasteiger partial charge in [-0.2, -0.15) is 0 Å². The highest BCUT2D eigenvalue weighted by molar-refractivity contribution is 9.10. The van der Waals surface area contributed by atoms with E-state index in [-0.39, 0.29) is 11.9 Å². The predicted octanol–water partition coefficient (Wildman–Crippen LogP) is 4.02. The summed E-state index contributed by atoms with van der Waals surface area (Å²) in [7, 11) is 0. The average Bonchev–Trinajstić information content (AvgIpc) is 2.32. The van der Waals surface area contributed by atoms with E-state index in [1.807, 2.05) is 36.9 Å². The summed E-state index contributed by atoms with van der Waals surface area (Å²) in [5.41, 5.74) is 1.82. The fourth-order valence-electron chi connectivity index (χ4n) is 1.86. The number of halogens is 1. The predicted molar refractivity (Wildman–Crippen MR) is 75.3 cm³/mol. The molecule has 0 N–H and O–H groups in total. The van der Waals surface area contributed by atoms with Crippen molar-refractivity contribution in [1.29, 1.82) is 0 Å². The maximum atomic E-state index is 12.5. The van der Waals surface area contributed by atoms with Crippen LogP contribution in [0.5, 0.6) is 0 Å². The van der Waals surface area contributed by atoms with Gasteiger partial charge in [0.1, 0.15) is 0 Å². The van der Waals surface area contributed by atoms with E-state index in [1.54, 1.807) is 0 Å². The fraction of sp³-hybridized carbons (Fsp3) is 0.500. The molecular weight excluding hydrogens is 278 g/mol. The molecule has 0 aliphatic rings. The van der Waals surface area contributed by atoms with Gasteiger partial charge in [0.15, 0.2) is 0 Å². The molecule has 94 valence electrons. The number of nitrogens with zero attached hydrogens (tertiary/aromatic N) is 1. The number of hydrogen-bond donors (Lipinski definition) is 0. The van der Waals surface area contributed by atoms with E-state index in [4.69, 9.17) is 0 Å². The number of carbonyl (C=O) groups is 1. The number of amides is 1. The lowest BCUT2D eigenvalue weighted by Gasteiger charge is -2.28. The molecular formula is C14H20BrNO. The first-order chi connectivity index (χ1) is 8.01. The second kappa shape index (κ2) is 6.20. The first kappa shape index (κ1) is 14.2. The molecule has 0 spiro atoms. The van der Waals surface area contributed by atoms with Crippen LogP contribution in [0.4, 0.5) is 0 Å². The molecule has 3 heteroatoms. The number of benzene rings is 1. The lowest BCUT2D eigenvalue weighted by Crippen LogP contribution is -2.38. The van der Waals surface area contributed by atoms with Gasteiger partial charge in [-0.25, -0.2) is 0 Å². The minimum absolute atomic E-state index is 0.126. The van der Waals surface area contributed by atoms with E-state index in [2.05, 4.69) is 29.8 Å². The molecule has 1 unspecified atom stereocenters. The van der Waals surface area contributed by atoms with Crippen LogP contribution >= 0.6 is 15.9 Å². The van der Waals surface area contributed by atoms with Crippen LogP contribution in [0.25, 0.3) is 0 Å². The minimum atomic E-state index is 0.126. The Kier molecular flexibility index (Phi) is 5.19. The van der Waals surface area contributed by atoms with Gasteiger partial charge in [0, 0.05) is 22.6 Å². The lowest BCUT2D eigenvalue weighted by atomic mass is 10.1. The summed E-state index contributed by atoms with van der Waals surface area (Å²) < 4.78 is 0.951. The van der Waals surface area contributed by atoms with Gasteiger partial charge in [-0.15, -0.1) is 0 Å². The van der Waals surface area contributed by atoms with E-state index >= 15 is 0 Å². The Bertz CT molecular complexity index is 403. The Morgan fingerprint density at radius 3 is 2.59 bits per heavy atom. The van der Waals surface area contributed by atoms with Crippen molar-refractivity contribution >= 4 is 21.8 Å². The van der Waals surface area contributed by atoms with Gasteiger partial charge in [0.05, 0.1) is 0 Å². The zero-order chi connectivity index (χ0) is 13.0. The Labute approximate surface area is 112 Å². The zero-order valence-electron chi connectivity index (χ0n) is 11.0. The van der Waals surface area contributed by atoms with E-state index < -0.39 is 0 Å². The topological polar surface area (TPSA) is 20.3 Å². The fourth-order valence-corrected chi connectivity index (χ4v) is 2.22. The molecule has 0 radical (unpaired) electrons. The molecule has 1 aromatic carbocycles.